The van der Waals surface area contributed by atoms with E-state index in [0.717, 1.165) is 21.2 Å². The molecule has 3 aromatic rings. The van der Waals surface area contributed by atoms with Crippen LogP contribution < -0.4 is 10.6 Å². The maximum absolute atomic E-state index is 12.9. The summed E-state index contributed by atoms with van der Waals surface area (Å²) in [5, 5.41) is 9.86. The van der Waals surface area contributed by atoms with Crippen molar-refractivity contribution in [3.8, 4) is 5.69 Å². The molecule has 9 nitrogen and oxygen atoms in total. The predicted octanol–water partition coefficient (Wildman–Crippen LogP) is 1.86. The second kappa shape index (κ2) is 8.56. The van der Waals surface area contributed by atoms with Crippen LogP contribution in [0.25, 0.3) is 5.69 Å². The Morgan fingerprint density at radius 3 is 2.56 bits per heavy atom. The van der Waals surface area contributed by atoms with Gasteiger partial charge in [0.2, 0.25) is 15.9 Å². The second-order valence-electron chi connectivity index (χ2n) is 7.59. The van der Waals surface area contributed by atoms with E-state index >= 15 is 0 Å². The Labute approximate surface area is 186 Å². The maximum Gasteiger partial charge on any atom is 0.256 e. The van der Waals surface area contributed by atoms with Crippen molar-refractivity contribution in [1.82, 2.24) is 19.4 Å². The van der Waals surface area contributed by atoms with Crippen LogP contribution in [0.2, 0.25) is 0 Å². The van der Waals surface area contributed by atoms with Gasteiger partial charge in [-0.25, -0.2) is 13.1 Å². The van der Waals surface area contributed by atoms with Gasteiger partial charge >= 0.3 is 0 Å². The zero-order chi connectivity index (χ0) is 22.9. The molecule has 2 N–H and O–H groups in total. The number of aryl methyl sites for hydroxylation is 2. The van der Waals surface area contributed by atoms with Crippen molar-refractivity contribution in [2.24, 2.45) is 0 Å². The molecule has 0 saturated carbocycles. The summed E-state index contributed by atoms with van der Waals surface area (Å²) in [5.74, 6) is -0.350. The molecule has 2 heterocycles. The van der Waals surface area contributed by atoms with Crippen molar-refractivity contribution in [1.29, 1.82) is 0 Å². The molecule has 166 valence electrons. The Hall–Kier alpha value is -3.50. The molecule has 1 aromatic heterocycles. The quantitative estimate of drug-likeness (QED) is 0.612. The highest BCUT2D eigenvalue weighted by molar-refractivity contribution is 7.89. The van der Waals surface area contributed by atoms with Gasteiger partial charge in [0.15, 0.2) is 0 Å². The van der Waals surface area contributed by atoms with E-state index in [2.05, 4.69) is 15.7 Å². The number of carbonyl (C=O) groups excluding carboxylic acids is 2. The number of benzene rings is 2. The molecule has 2 aromatic carbocycles. The Balaban J connectivity index is 1.59. The summed E-state index contributed by atoms with van der Waals surface area (Å²) in [5.41, 5.74) is 2.80. The lowest BCUT2D eigenvalue weighted by molar-refractivity contribution is -0.122. The van der Waals surface area contributed by atoms with Gasteiger partial charge in [-0.05, 0) is 44.2 Å². The van der Waals surface area contributed by atoms with Gasteiger partial charge in [0.05, 0.1) is 22.8 Å². The third kappa shape index (κ3) is 4.41. The van der Waals surface area contributed by atoms with Crippen LogP contribution in [0, 0.1) is 13.8 Å². The van der Waals surface area contributed by atoms with Crippen LogP contribution >= 0.6 is 0 Å². The molecule has 1 fully saturated rings. The molecule has 4 rings (SSSR count). The zero-order valence-corrected chi connectivity index (χ0v) is 18.5. The largest absolute Gasteiger partial charge is 0.354 e. The van der Waals surface area contributed by atoms with Crippen molar-refractivity contribution in [2.75, 3.05) is 25.0 Å². The topological polar surface area (TPSA) is 113 Å². The van der Waals surface area contributed by atoms with Crippen molar-refractivity contribution < 1.29 is 18.0 Å². The predicted molar refractivity (Wildman–Crippen MR) is 119 cm³/mol. The molecule has 1 saturated heterocycles. The molecule has 32 heavy (non-hydrogen) atoms. The van der Waals surface area contributed by atoms with E-state index in [1.165, 1.54) is 24.3 Å². The monoisotopic (exact) mass is 453 g/mol. The number of sulfonamides is 1. The van der Waals surface area contributed by atoms with Gasteiger partial charge in [0.25, 0.3) is 5.91 Å². The van der Waals surface area contributed by atoms with E-state index < -0.39 is 15.9 Å². The molecule has 0 atom stereocenters. The minimum Gasteiger partial charge on any atom is -0.354 e. The fourth-order valence-electron chi connectivity index (χ4n) is 3.43. The average Bonchev–Trinajstić information content (AvgIpc) is 3.14. The summed E-state index contributed by atoms with van der Waals surface area (Å²) in [7, 11) is -3.90. The Morgan fingerprint density at radius 1 is 1.09 bits per heavy atom. The van der Waals surface area contributed by atoms with Crippen LogP contribution in [0.5, 0.6) is 0 Å². The van der Waals surface area contributed by atoms with Crippen LogP contribution in [0.1, 0.15) is 21.6 Å². The smallest absolute Gasteiger partial charge is 0.256 e. The number of aromatic nitrogens is 2. The van der Waals surface area contributed by atoms with Gasteiger partial charge in [-0.2, -0.15) is 9.40 Å². The normalized spacial score (nSPS) is 14.8. The first-order valence-corrected chi connectivity index (χ1v) is 11.5. The SMILES string of the molecule is Cc1ccc(-n2nc(C)cc2NC(=O)c2cccc(S(=O)(=O)N3CCNC(=O)C3)c2)cc1. The average molecular weight is 454 g/mol. The summed E-state index contributed by atoms with van der Waals surface area (Å²) in [4.78, 5) is 24.5. The molecule has 0 unspecified atom stereocenters. The first kappa shape index (κ1) is 21.7. The minimum absolute atomic E-state index is 0.0388. The van der Waals surface area contributed by atoms with Crippen LogP contribution in [0.3, 0.4) is 0 Å². The second-order valence-corrected chi connectivity index (χ2v) is 9.53. The standard InChI is InChI=1S/C22H23N5O4S/c1-15-6-8-18(9-7-15)27-20(12-16(2)25-27)24-22(29)17-4-3-5-19(13-17)32(30,31)26-11-10-23-21(28)14-26/h3-9,12-13H,10-11,14H2,1-2H3,(H,23,28)(H,24,29). The highest BCUT2D eigenvalue weighted by Gasteiger charge is 2.29. The van der Waals surface area contributed by atoms with Crippen molar-refractivity contribution in [2.45, 2.75) is 18.7 Å². The Bertz CT molecular complexity index is 1280. The van der Waals surface area contributed by atoms with Gasteiger partial charge < -0.3 is 10.6 Å². The molecule has 1 aliphatic rings. The molecule has 0 bridgehead atoms. The molecule has 2 amide bonds. The van der Waals surface area contributed by atoms with E-state index in [1.54, 1.807) is 10.7 Å². The van der Waals surface area contributed by atoms with E-state index in [4.69, 9.17) is 0 Å². The first-order valence-electron chi connectivity index (χ1n) is 10.1. The molecule has 0 radical (unpaired) electrons. The molecular weight excluding hydrogens is 430 g/mol. The summed E-state index contributed by atoms with van der Waals surface area (Å²) >= 11 is 0. The summed E-state index contributed by atoms with van der Waals surface area (Å²) in [6, 6.07) is 15.2. The number of hydrogen-bond acceptors (Lipinski definition) is 5. The van der Waals surface area contributed by atoms with Crippen LogP contribution in [-0.2, 0) is 14.8 Å². The summed E-state index contributed by atoms with van der Waals surface area (Å²) < 4.78 is 28.6. The van der Waals surface area contributed by atoms with Gasteiger partial charge in [-0.15, -0.1) is 0 Å². The number of amides is 2. The lowest BCUT2D eigenvalue weighted by atomic mass is 10.2. The van der Waals surface area contributed by atoms with Crippen molar-refractivity contribution in [3.05, 3.63) is 71.4 Å². The maximum atomic E-state index is 12.9. The van der Waals surface area contributed by atoms with E-state index in [-0.39, 0.29) is 36.0 Å². The fraction of sp³-hybridized carbons (Fsp3) is 0.227. The highest BCUT2D eigenvalue weighted by atomic mass is 32.2. The van der Waals surface area contributed by atoms with Gasteiger partial charge in [-0.1, -0.05) is 23.8 Å². The van der Waals surface area contributed by atoms with E-state index in [9.17, 15) is 18.0 Å². The van der Waals surface area contributed by atoms with E-state index in [1.807, 2.05) is 38.1 Å². The highest BCUT2D eigenvalue weighted by Crippen LogP contribution is 2.21. The Morgan fingerprint density at radius 2 is 1.84 bits per heavy atom. The third-order valence-corrected chi connectivity index (χ3v) is 6.93. The molecule has 0 aliphatic carbocycles. The molecule has 10 heteroatoms. The van der Waals surface area contributed by atoms with Gasteiger partial charge in [0.1, 0.15) is 5.82 Å². The van der Waals surface area contributed by atoms with Crippen molar-refractivity contribution in [3.63, 3.8) is 0 Å². The number of nitrogens with zero attached hydrogens (tertiary/aromatic N) is 3. The number of carbonyl (C=O) groups is 2. The van der Waals surface area contributed by atoms with E-state index in [0.29, 0.717) is 5.82 Å². The number of piperazine rings is 1. The number of rotatable bonds is 5. The first-order chi connectivity index (χ1) is 15.2. The fourth-order valence-corrected chi connectivity index (χ4v) is 4.87. The van der Waals surface area contributed by atoms with Crippen LogP contribution in [0.15, 0.2) is 59.5 Å². The lowest BCUT2D eigenvalue weighted by Crippen LogP contribution is -2.49. The molecular formula is C22H23N5O4S. The number of nitrogens with one attached hydrogen (secondary N) is 2. The van der Waals surface area contributed by atoms with Crippen molar-refractivity contribution >= 4 is 27.7 Å². The van der Waals surface area contributed by atoms with Crippen LogP contribution in [0.4, 0.5) is 5.82 Å². The molecule has 0 spiro atoms. The zero-order valence-electron chi connectivity index (χ0n) is 17.7. The summed E-state index contributed by atoms with van der Waals surface area (Å²) in [6.07, 6.45) is 0. The number of anilines is 1. The summed E-state index contributed by atoms with van der Waals surface area (Å²) in [6.45, 7) is 3.99. The van der Waals surface area contributed by atoms with Crippen LogP contribution in [-0.4, -0.2) is 54.0 Å². The van der Waals surface area contributed by atoms with Gasteiger partial charge in [0, 0.05) is 24.7 Å². The van der Waals surface area contributed by atoms with Gasteiger partial charge in [-0.3, -0.25) is 9.59 Å². The Kier molecular flexibility index (Phi) is 5.81. The lowest BCUT2D eigenvalue weighted by Gasteiger charge is -2.26. The third-order valence-electron chi connectivity index (χ3n) is 5.09. The molecule has 1 aliphatic heterocycles. The number of hydrogen-bond donors (Lipinski definition) is 2. The minimum atomic E-state index is -3.90.